The standard InChI is InChI=1S/C4H3F7O/c5-1(6)2(7)12-4(10,11)3(8)9/h1-3H. The third-order valence-corrected chi connectivity index (χ3v) is 0.722. The van der Waals surface area contributed by atoms with Crippen LogP contribution in [0.25, 0.3) is 0 Å². The maximum atomic E-state index is 11.6. The first kappa shape index (κ1) is 11.5. The molecule has 0 bridgehead atoms. The second-order valence-electron chi connectivity index (χ2n) is 1.67. The highest BCUT2D eigenvalue weighted by Gasteiger charge is 2.46. The minimum absolute atomic E-state index is 2.46. The predicted molar refractivity (Wildman–Crippen MR) is 22.9 cm³/mol. The monoisotopic (exact) mass is 200 g/mol. The van der Waals surface area contributed by atoms with Gasteiger partial charge >= 0.3 is 12.5 Å². The highest BCUT2D eigenvalue weighted by atomic mass is 19.3. The summed E-state index contributed by atoms with van der Waals surface area (Å²) in [6.45, 7) is 0. The first-order valence-corrected chi connectivity index (χ1v) is 2.53. The van der Waals surface area contributed by atoms with Crippen molar-refractivity contribution in [2.75, 3.05) is 0 Å². The molecule has 1 nitrogen and oxygen atoms in total. The molecule has 74 valence electrons. The van der Waals surface area contributed by atoms with Crippen molar-refractivity contribution in [3.05, 3.63) is 0 Å². The molecule has 1 atom stereocenters. The zero-order valence-electron chi connectivity index (χ0n) is 5.29. The van der Waals surface area contributed by atoms with Crippen LogP contribution >= 0.6 is 0 Å². The lowest BCUT2D eigenvalue weighted by Crippen LogP contribution is -2.35. The smallest absolute Gasteiger partial charge is 0.275 e. The minimum Gasteiger partial charge on any atom is -0.275 e. The first-order valence-electron chi connectivity index (χ1n) is 2.53. The Balaban J connectivity index is 4.05. The second kappa shape index (κ2) is 3.92. The van der Waals surface area contributed by atoms with E-state index < -0.39 is 25.3 Å². The van der Waals surface area contributed by atoms with Crippen molar-refractivity contribution in [1.82, 2.24) is 0 Å². The number of alkyl halides is 7. The van der Waals surface area contributed by atoms with Crippen molar-refractivity contribution in [2.24, 2.45) is 0 Å². The van der Waals surface area contributed by atoms with Crippen LogP contribution in [0.15, 0.2) is 0 Å². The number of ether oxygens (including phenoxy) is 1. The number of hydrogen-bond donors (Lipinski definition) is 0. The van der Waals surface area contributed by atoms with Gasteiger partial charge in [0, 0.05) is 0 Å². The molecule has 12 heavy (non-hydrogen) atoms. The van der Waals surface area contributed by atoms with Crippen LogP contribution in [0.3, 0.4) is 0 Å². The molecule has 0 saturated heterocycles. The number of rotatable bonds is 4. The van der Waals surface area contributed by atoms with Gasteiger partial charge in [0.2, 0.25) is 0 Å². The highest BCUT2D eigenvalue weighted by Crippen LogP contribution is 2.27. The van der Waals surface area contributed by atoms with Crippen molar-refractivity contribution in [1.29, 1.82) is 0 Å². The minimum atomic E-state index is -5.18. The van der Waals surface area contributed by atoms with Crippen LogP contribution in [0.5, 0.6) is 0 Å². The molecule has 1 unspecified atom stereocenters. The molecule has 0 aliphatic carbocycles. The molecule has 0 aliphatic heterocycles. The average molecular weight is 200 g/mol. The van der Waals surface area contributed by atoms with Crippen molar-refractivity contribution in [3.8, 4) is 0 Å². The van der Waals surface area contributed by atoms with Gasteiger partial charge in [0.1, 0.15) is 0 Å². The van der Waals surface area contributed by atoms with Crippen LogP contribution in [0.2, 0.25) is 0 Å². The van der Waals surface area contributed by atoms with Crippen LogP contribution in [-0.4, -0.2) is 25.3 Å². The summed E-state index contributed by atoms with van der Waals surface area (Å²) in [5.41, 5.74) is 0. The normalized spacial score (nSPS) is 15.8. The molecule has 0 N–H and O–H groups in total. The molecule has 0 aromatic carbocycles. The van der Waals surface area contributed by atoms with Gasteiger partial charge in [-0.1, -0.05) is 0 Å². The number of halogens is 7. The Morgan fingerprint density at radius 2 is 1.33 bits per heavy atom. The van der Waals surface area contributed by atoms with Gasteiger partial charge in [0.15, 0.2) is 0 Å². The molecule has 0 aliphatic rings. The van der Waals surface area contributed by atoms with E-state index in [2.05, 4.69) is 4.74 Å². The van der Waals surface area contributed by atoms with Crippen LogP contribution in [0, 0.1) is 0 Å². The van der Waals surface area contributed by atoms with Gasteiger partial charge in [-0.05, 0) is 0 Å². The maximum absolute atomic E-state index is 11.6. The van der Waals surface area contributed by atoms with E-state index in [1.54, 1.807) is 0 Å². The Labute approximate surface area is 62.1 Å². The summed E-state index contributed by atoms with van der Waals surface area (Å²) < 4.78 is 81.9. The summed E-state index contributed by atoms with van der Waals surface area (Å²) in [6.07, 6.45) is -17.1. The summed E-state index contributed by atoms with van der Waals surface area (Å²) in [5, 5.41) is 0. The third kappa shape index (κ3) is 3.24. The molecule has 0 saturated carbocycles. The Hall–Kier alpha value is -0.530. The quantitative estimate of drug-likeness (QED) is 0.633. The summed E-state index contributed by atoms with van der Waals surface area (Å²) in [7, 11) is 0. The van der Waals surface area contributed by atoms with Crippen molar-refractivity contribution >= 4 is 0 Å². The Morgan fingerprint density at radius 1 is 0.917 bits per heavy atom. The lowest BCUT2D eigenvalue weighted by atomic mass is 10.6. The van der Waals surface area contributed by atoms with Gasteiger partial charge in [-0.15, -0.1) is 0 Å². The summed E-state index contributed by atoms with van der Waals surface area (Å²) >= 11 is 0. The van der Waals surface area contributed by atoms with E-state index in [1.807, 2.05) is 0 Å². The molecular formula is C4H3F7O. The fourth-order valence-corrected chi connectivity index (χ4v) is 0.253. The van der Waals surface area contributed by atoms with E-state index in [9.17, 15) is 30.7 Å². The Morgan fingerprint density at radius 3 is 1.58 bits per heavy atom. The van der Waals surface area contributed by atoms with Crippen molar-refractivity contribution < 1.29 is 35.5 Å². The van der Waals surface area contributed by atoms with Gasteiger partial charge in [-0.2, -0.15) is 8.78 Å². The fraction of sp³-hybridized carbons (Fsp3) is 1.00. The average Bonchev–Trinajstić information content (AvgIpc) is 1.85. The zero-order valence-corrected chi connectivity index (χ0v) is 5.29. The van der Waals surface area contributed by atoms with E-state index in [0.717, 1.165) is 0 Å². The second-order valence-corrected chi connectivity index (χ2v) is 1.67. The number of hydrogen-bond acceptors (Lipinski definition) is 1. The van der Waals surface area contributed by atoms with Gasteiger partial charge in [0.25, 0.3) is 12.8 Å². The van der Waals surface area contributed by atoms with Gasteiger partial charge in [-0.25, -0.2) is 22.0 Å². The first-order chi connectivity index (χ1) is 5.27. The van der Waals surface area contributed by atoms with E-state index in [-0.39, 0.29) is 0 Å². The Bertz CT molecular complexity index is 135. The van der Waals surface area contributed by atoms with E-state index in [0.29, 0.717) is 0 Å². The molecule has 0 rings (SSSR count). The highest BCUT2D eigenvalue weighted by molar-refractivity contribution is 4.57. The van der Waals surface area contributed by atoms with Crippen molar-refractivity contribution in [3.63, 3.8) is 0 Å². The molecule has 0 aromatic rings. The maximum Gasteiger partial charge on any atom is 0.419 e. The van der Waals surface area contributed by atoms with Crippen molar-refractivity contribution in [2.45, 2.75) is 25.3 Å². The summed E-state index contributed by atoms with van der Waals surface area (Å²) in [6, 6.07) is 0. The summed E-state index contributed by atoms with van der Waals surface area (Å²) in [5.74, 6) is 0. The van der Waals surface area contributed by atoms with Gasteiger partial charge in [-0.3, -0.25) is 4.74 Å². The SMILES string of the molecule is FC(F)C(F)OC(F)(F)C(F)F. The van der Waals surface area contributed by atoms with Gasteiger partial charge in [0.05, 0.1) is 0 Å². The lowest BCUT2D eigenvalue weighted by molar-refractivity contribution is -0.351. The molecule has 0 fully saturated rings. The van der Waals surface area contributed by atoms with Gasteiger partial charge < -0.3 is 0 Å². The molecule has 8 heteroatoms. The largest absolute Gasteiger partial charge is 0.419 e. The predicted octanol–water partition coefficient (Wildman–Crippen LogP) is 2.42. The molecule has 0 aromatic heterocycles. The molecule has 0 heterocycles. The molecule has 0 radical (unpaired) electrons. The zero-order chi connectivity index (χ0) is 9.94. The van der Waals surface area contributed by atoms with E-state index in [1.165, 1.54) is 0 Å². The molecular weight excluding hydrogens is 197 g/mol. The van der Waals surface area contributed by atoms with E-state index >= 15 is 0 Å². The molecule has 0 spiro atoms. The van der Waals surface area contributed by atoms with Crippen LogP contribution in [0.4, 0.5) is 30.7 Å². The van der Waals surface area contributed by atoms with Crippen LogP contribution in [-0.2, 0) is 4.74 Å². The molecule has 0 amide bonds. The van der Waals surface area contributed by atoms with E-state index in [4.69, 9.17) is 0 Å². The summed E-state index contributed by atoms with van der Waals surface area (Å²) in [4.78, 5) is 0. The Kier molecular flexibility index (Phi) is 3.75. The topological polar surface area (TPSA) is 9.23 Å². The lowest BCUT2D eigenvalue weighted by Gasteiger charge is -2.17. The van der Waals surface area contributed by atoms with Crippen LogP contribution < -0.4 is 0 Å². The third-order valence-electron chi connectivity index (χ3n) is 0.722. The van der Waals surface area contributed by atoms with Crippen LogP contribution in [0.1, 0.15) is 0 Å². The fourth-order valence-electron chi connectivity index (χ4n) is 0.253.